The van der Waals surface area contributed by atoms with Crippen LogP contribution in [0.1, 0.15) is 38.3 Å². The summed E-state index contributed by atoms with van der Waals surface area (Å²) in [4.78, 5) is 24.3. The summed E-state index contributed by atoms with van der Waals surface area (Å²) in [7, 11) is 0. The Morgan fingerprint density at radius 1 is 1.22 bits per heavy atom. The van der Waals surface area contributed by atoms with Crippen molar-refractivity contribution in [3.63, 3.8) is 0 Å². The minimum Gasteiger partial charge on any atom is -0.466 e. The third-order valence-corrected chi connectivity index (χ3v) is 3.89. The van der Waals surface area contributed by atoms with Crippen molar-refractivity contribution in [2.24, 2.45) is 5.10 Å². The van der Waals surface area contributed by atoms with Gasteiger partial charge in [0.05, 0.1) is 30.0 Å². The molecule has 0 spiro atoms. The van der Waals surface area contributed by atoms with Crippen molar-refractivity contribution in [2.75, 3.05) is 11.6 Å². The quantitative estimate of drug-likeness (QED) is 0.633. The fourth-order valence-corrected chi connectivity index (χ4v) is 2.55. The first-order valence-corrected chi connectivity index (χ1v) is 7.67. The molecule has 2 rings (SSSR count). The number of carbonyl (C=O) groups excluding carboxylic acids is 2. The molecule has 0 fully saturated rings. The van der Waals surface area contributed by atoms with Gasteiger partial charge in [-0.2, -0.15) is 10.1 Å². The lowest BCUT2D eigenvalue weighted by molar-refractivity contribution is -0.142. The highest BCUT2D eigenvalue weighted by Crippen LogP contribution is 2.27. The number of hydrogen-bond donors (Lipinski definition) is 0. The van der Waals surface area contributed by atoms with E-state index in [2.05, 4.69) is 5.10 Å². The molecule has 0 atom stereocenters. The summed E-state index contributed by atoms with van der Waals surface area (Å²) in [6.45, 7) is 9.66. The molecule has 1 heterocycles. The normalized spacial score (nSPS) is 16.5. The molecule has 0 saturated carbocycles. The number of esters is 1. The van der Waals surface area contributed by atoms with Gasteiger partial charge in [0, 0.05) is 0 Å². The number of anilines is 1. The van der Waals surface area contributed by atoms with Crippen LogP contribution in [0.3, 0.4) is 0 Å². The van der Waals surface area contributed by atoms with Gasteiger partial charge in [-0.3, -0.25) is 9.59 Å². The van der Waals surface area contributed by atoms with Crippen molar-refractivity contribution in [2.45, 2.75) is 41.0 Å². The topological polar surface area (TPSA) is 59.0 Å². The van der Waals surface area contributed by atoms with Gasteiger partial charge in [-0.1, -0.05) is 6.07 Å². The fraction of sp³-hybridized carbons (Fsp3) is 0.389. The van der Waals surface area contributed by atoms with E-state index >= 15 is 0 Å². The van der Waals surface area contributed by atoms with Gasteiger partial charge in [-0.15, -0.1) is 0 Å². The standard InChI is InChI=1S/C18H22N2O3/c1-6-23-16(21)10-13(4)17-14(5)19-20(18(17)22)15-8-7-11(2)12(3)9-15/h7-9H,6,10H2,1-5H3/b17-13-. The van der Waals surface area contributed by atoms with Crippen LogP contribution < -0.4 is 5.01 Å². The first kappa shape index (κ1) is 16.9. The zero-order valence-electron chi connectivity index (χ0n) is 14.3. The second-order valence-electron chi connectivity index (χ2n) is 5.71. The van der Waals surface area contributed by atoms with Crippen LogP contribution in [0, 0.1) is 13.8 Å². The third-order valence-electron chi connectivity index (χ3n) is 3.89. The van der Waals surface area contributed by atoms with Crippen molar-refractivity contribution in [3.05, 3.63) is 40.5 Å². The molecule has 5 nitrogen and oxygen atoms in total. The molecular formula is C18H22N2O3. The number of benzene rings is 1. The molecule has 1 aromatic rings. The Kier molecular flexibility index (Phi) is 4.98. The molecule has 5 heteroatoms. The van der Waals surface area contributed by atoms with Crippen LogP contribution in [0.4, 0.5) is 5.69 Å². The van der Waals surface area contributed by atoms with Crippen LogP contribution in [0.15, 0.2) is 34.4 Å². The molecule has 1 aromatic carbocycles. The molecule has 0 aliphatic carbocycles. The summed E-state index contributed by atoms with van der Waals surface area (Å²) in [6.07, 6.45) is 0.0997. The SMILES string of the molecule is CCOC(=O)C/C(C)=C1\C(=O)N(c2ccc(C)c(C)c2)N=C1C. The maximum atomic E-state index is 12.7. The van der Waals surface area contributed by atoms with Crippen LogP contribution in [-0.2, 0) is 14.3 Å². The van der Waals surface area contributed by atoms with Crippen molar-refractivity contribution < 1.29 is 14.3 Å². The lowest BCUT2D eigenvalue weighted by Crippen LogP contribution is -2.22. The molecule has 0 saturated heterocycles. The minimum atomic E-state index is -0.331. The third kappa shape index (κ3) is 3.50. The smallest absolute Gasteiger partial charge is 0.309 e. The Morgan fingerprint density at radius 3 is 2.52 bits per heavy atom. The van der Waals surface area contributed by atoms with Gasteiger partial charge < -0.3 is 4.74 Å². The van der Waals surface area contributed by atoms with Gasteiger partial charge in [0.1, 0.15) is 0 Å². The Labute approximate surface area is 136 Å². The van der Waals surface area contributed by atoms with E-state index in [9.17, 15) is 9.59 Å². The first-order chi connectivity index (χ1) is 10.8. The Morgan fingerprint density at radius 2 is 1.91 bits per heavy atom. The molecule has 0 unspecified atom stereocenters. The highest BCUT2D eigenvalue weighted by molar-refractivity contribution is 6.30. The van der Waals surface area contributed by atoms with Crippen LogP contribution in [-0.4, -0.2) is 24.2 Å². The number of hydrogen-bond acceptors (Lipinski definition) is 4. The number of hydrazone groups is 1. The average Bonchev–Trinajstić information content (AvgIpc) is 2.77. The van der Waals surface area contributed by atoms with E-state index in [0.29, 0.717) is 23.5 Å². The average molecular weight is 314 g/mol. The summed E-state index contributed by atoms with van der Waals surface area (Å²) in [5.41, 5.74) is 4.79. The van der Waals surface area contributed by atoms with E-state index in [1.165, 1.54) is 5.01 Å². The minimum absolute atomic E-state index is 0.0997. The van der Waals surface area contributed by atoms with Gasteiger partial charge in [-0.05, 0) is 63.5 Å². The summed E-state index contributed by atoms with van der Waals surface area (Å²) in [5.74, 6) is -0.532. The number of nitrogens with zero attached hydrogens (tertiary/aromatic N) is 2. The van der Waals surface area contributed by atoms with Gasteiger partial charge in [0.15, 0.2) is 0 Å². The first-order valence-electron chi connectivity index (χ1n) is 7.67. The molecule has 122 valence electrons. The monoisotopic (exact) mass is 314 g/mol. The number of rotatable bonds is 4. The van der Waals surface area contributed by atoms with Crippen LogP contribution in [0.25, 0.3) is 0 Å². The lowest BCUT2D eigenvalue weighted by Gasteiger charge is -2.14. The Bertz CT molecular complexity index is 717. The molecule has 1 amide bonds. The number of carbonyl (C=O) groups is 2. The van der Waals surface area contributed by atoms with Crippen molar-refractivity contribution in [1.82, 2.24) is 0 Å². The largest absolute Gasteiger partial charge is 0.466 e. The van der Waals surface area contributed by atoms with Gasteiger partial charge in [-0.25, -0.2) is 0 Å². The van der Waals surface area contributed by atoms with Gasteiger partial charge >= 0.3 is 5.97 Å². The molecule has 0 bridgehead atoms. The van der Waals surface area contributed by atoms with Gasteiger partial charge in [0.25, 0.3) is 5.91 Å². The van der Waals surface area contributed by atoms with E-state index < -0.39 is 0 Å². The van der Waals surface area contributed by atoms with Crippen LogP contribution >= 0.6 is 0 Å². The molecule has 0 N–H and O–H groups in total. The zero-order chi connectivity index (χ0) is 17.1. The van der Waals surface area contributed by atoms with E-state index in [1.54, 1.807) is 20.8 Å². The second-order valence-corrected chi connectivity index (χ2v) is 5.71. The van der Waals surface area contributed by atoms with E-state index in [0.717, 1.165) is 16.8 Å². The fourth-order valence-electron chi connectivity index (χ4n) is 2.55. The van der Waals surface area contributed by atoms with Crippen molar-refractivity contribution >= 4 is 23.3 Å². The molecule has 23 heavy (non-hydrogen) atoms. The summed E-state index contributed by atoms with van der Waals surface area (Å²) < 4.78 is 4.95. The number of amides is 1. The molecule has 0 aromatic heterocycles. The Balaban J connectivity index is 2.30. The van der Waals surface area contributed by atoms with E-state index in [4.69, 9.17) is 4.74 Å². The summed E-state index contributed by atoms with van der Waals surface area (Å²) >= 11 is 0. The highest BCUT2D eigenvalue weighted by atomic mass is 16.5. The van der Waals surface area contributed by atoms with E-state index in [1.807, 2.05) is 32.0 Å². The van der Waals surface area contributed by atoms with Gasteiger partial charge in [0.2, 0.25) is 0 Å². The summed E-state index contributed by atoms with van der Waals surface area (Å²) in [6, 6.07) is 5.78. The second kappa shape index (κ2) is 6.77. The predicted octanol–water partition coefficient (Wildman–Crippen LogP) is 3.30. The maximum absolute atomic E-state index is 12.7. The number of aryl methyl sites for hydroxylation is 2. The van der Waals surface area contributed by atoms with E-state index in [-0.39, 0.29) is 18.3 Å². The summed E-state index contributed by atoms with van der Waals surface area (Å²) in [5, 5.41) is 5.75. The molecular weight excluding hydrogens is 292 g/mol. The molecule has 1 aliphatic rings. The Hall–Kier alpha value is -2.43. The zero-order valence-corrected chi connectivity index (χ0v) is 14.3. The van der Waals surface area contributed by atoms with Crippen molar-refractivity contribution in [1.29, 1.82) is 0 Å². The molecule has 1 aliphatic heterocycles. The van der Waals surface area contributed by atoms with Crippen LogP contribution in [0.5, 0.6) is 0 Å². The van der Waals surface area contributed by atoms with Crippen molar-refractivity contribution in [3.8, 4) is 0 Å². The predicted molar refractivity (Wildman–Crippen MR) is 90.5 cm³/mol. The highest BCUT2D eigenvalue weighted by Gasteiger charge is 2.31. The number of ether oxygens (including phenoxy) is 1. The maximum Gasteiger partial charge on any atom is 0.309 e. The lowest BCUT2D eigenvalue weighted by atomic mass is 10.0. The van der Waals surface area contributed by atoms with Crippen LogP contribution in [0.2, 0.25) is 0 Å². The molecule has 0 radical (unpaired) electrons.